The van der Waals surface area contributed by atoms with Crippen molar-refractivity contribution in [1.29, 1.82) is 0 Å². The van der Waals surface area contributed by atoms with Gasteiger partial charge in [-0.3, -0.25) is 9.48 Å². The first-order chi connectivity index (χ1) is 14.0. The van der Waals surface area contributed by atoms with Gasteiger partial charge in [-0.2, -0.15) is 10.2 Å². The molecule has 1 saturated heterocycles. The van der Waals surface area contributed by atoms with E-state index < -0.39 is 0 Å². The van der Waals surface area contributed by atoms with Crippen molar-refractivity contribution in [2.45, 2.75) is 13.0 Å². The van der Waals surface area contributed by atoms with Gasteiger partial charge in [0.05, 0.1) is 23.3 Å². The highest BCUT2D eigenvalue weighted by Crippen LogP contribution is 2.31. The number of fused-ring (bicyclic) bond motifs is 1. The van der Waals surface area contributed by atoms with Gasteiger partial charge in [0.1, 0.15) is 11.6 Å². The quantitative estimate of drug-likeness (QED) is 0.519. The monoisotopic (exact) mass is 407 g/mol. The van der Waals surface area contributed by atoms with Gasteiger partial charge >= 0.3 is 0 Å². The van der Waals surface area contributed by atoms with E-state index in [-0.39, 0.29) is 11.6 Å². The molecule has 1 aromatic carbocycles. The molecule has 0 atom stereocenters. The first kappa shape index (κ1) is 17.8. The zero-order valence-corrected chi connectivity index (χ0v) is 16.7. The van der Waals surface area contributed by atoms with E-state index in [1.807, 2.05) is 38.2 Å². The zero-order chi connectivity index (χ0) is 20.1. The molecule has 1 fully saturated rings. The number of anilines is 1. The second-order valence-corrected chi connectivity index (χ2v) is 7.60. The Morgan fingerprint density at radius 2 is 1.83 bits per heavy atom. The van der Waals surface area contributed by atoms with Gasteiger partial charge in [0.15, 0.2) is 5.65 Å². The number of aromatic nitrogens is 6. The minimum Gasteiger partial charge on any atom is -0.351 e. The van der Waals surface area contributed by atoms with Crippen LogP contribution in [-0.2, 0) is 7.05 Å². The minimum absolute atomic E-state index is 0.0169. The molecule has 3 aromatic heterocycles. The van der Waals surface area contributed by atoms with Gasteiger partial charge in [0.25, 0.3) is 5.56 Å². The van der Waals surface area contributed by atoms with Crippen LogP contribution < -0.4 is 10.5 Å². The standard InChI is InChI=1S/C20H18ClN7O/c1-12-23-19-16(9-22-26(19)2)20(24-12)27-10-15(11-27)28-18(29)8-7-17(25-28)13-3-5-14(21)6-4-13/h3-9,15H,10-11H2,1-2H3. The van der Waals surface area contributed by atoms with E-state index in [0.717, 1.165) is 28.1 Å². The summed E-state index contributed by atoms with van der Waals surface area (Å²) in [5.74, 6) is 1.54. The van der Waals surface area contributed by atoms with Crippen LogP contribution in [0.4, 0.5) is 5.82 Å². The molecular formula is C20H18ClN7O. The average molecular weight is 408 g/mol. The Hall–Kier alpha value is -3.26. The maximum atomic E-state index is 12.4. The summed E-state index contributed by atoms with van der Waals surface area (Å²) >= 11 is 5.97. The van der Waals surface area contributed by atoms with E-state index in [0.29, 0.717) is 23.9 Å². The van der Waals surface area contributed by atoms with Crippen molar-refractivity contribution >= 4 is 28.5 Å². The number of benzene rings is 1. The van der Waals surface area contributed by atoms with Crippen LogP contribution in [0.3, 0.4) is 0 Å². The molecule has 29 heavy (non-hydrogen) atoms. The molecule has 0 unspecified atom stereocenters. The van der Waals surface area contributed by atoms with Gasteiger partial charge in [-0.1, -0.05) is 23.7 Å². The van der Waals surface area contributed by atoms with Gasteiger partial charge in [0.2, 0.25) is 0 Å². The van der Waals surface area contributed by atoms with Gasteiger partial charge in [-0.05, 0) is 25.1 Å². The van der Waals surface area contributed by atoms with Crippen LogP contribution in [0.25, 0.3) is 22.3 Å². The smallest absolute Gasteiger partial charge is 0.267 e. The van der Waals surface area contributed by atoms with Crippen molar-refractivity contribution < 1.29 is 0 Å². The fourth-order valence-electron chi connectivity index (χ4n) is 3.60. The van der Waals surface area contributed by atoms with Crippen molar-refractivity contribution in [2.24, 2.45) is 7.05 Å². The third-order valence-corrected chi connectivity index (χ3v) is 5.41. The predicted molar refractivity (Wildman–Crippen MR) is 111 cm³/mol. The molecule has 4 aromatic rings. The number of aryl methyl sites for hydroxylation is 2. The third-order valence-electron chi connectivity index (χ3n) is 5.16. The Morgan fingerprint density at radius 1 is 1.07 bits per heavy atom. The van der Waals surface area contributed by atoms with Crippen molar-refractivity contribution in [2.75, 3.05) is 18.0 Å². The second-order valence-electron chi connectivity index (χ2n) is 7.17. The lowest BCUT2D eigenvalue weighted by molar-refractivity contribution is 0.353. The molecule has 0 bridgehead atoms. The van der Waals surface area contributed by atoms with Crippen molar-refractivity contribution in [3.63, 3.8) is 0 Å². The van der Waals surface area contributed by atoms with Crippen LogP contribution >= 0.6 is 11.6 Å². The van der Waals surface area contributed by atoms with Gasteiger partial charge in [-0.25, -0.2) is 14.6 Å². The zero-order valence-electron chi connectivity index (χ0n) is 15.9. The number of hydrogen-bond donors (Lipinski definition) is 0. The molecule has 0 spiro atoms. The molecule has 8 nitrogen and oxygen atoms in total. The lowest BCUT2D eigenvalue weighted by atomic mass is 10.1. The predicted octanol–water partition coefficient (Wildman–Crippen LogP) is 2.61. The van der Waals surface area contributed by atoms with Crippen molar-refractivity contribution in [1.82, 2.24) is 29.5 Å². The summed E-state index contributed by atoms with van der Waals surface area (Å²) < 4.78 is 3.31. The molecule has 0 amide bonds. The fourth-order valence-corrected chi connectivity index (χ4v) is 3.72. The van der Waals surface area contributed by atoms with Crippen LogP contribution in [0.1, 0.15) is 11.9 Å². The summed E-state index contributed by atoms with van der Waals surface area (Å²) in [6.07, 6.45) is 1.78. The maximum Gasteiger partial charge on any atom is 0.267 e. The number of hydrogen-bond acceptors (Lipinski definition) is 6. The van der Waals surface area contributed by atoms with E-state index in [2.05, 4.69) is 25.1 Å². The molecule has 0 aliphatic carbocycles. The Kier molecular flexibility index (Phi) is 4.09. The first-order valence-electron chi connectivity index (χ1n) is 9.27. The van der Waals surface area contributed by atoms with Crippen LogP contribution in [0.5, 0.6) is 0 Å². The molecule has 1 aliphatic rings. The first-order valence-corrected chi connectivity index (χ1v) is 9.64. The highest BCUT2D eigenvalue weighted by atomic mass is 35.5. The van der Waals surface area contributed by atoms with Crippen molar-refractivity contribution in [3.05, 3.63) is 63.8 Å². The third kappa shape index (κ3) is 3.05. The summed E-state index contributed by atoms with van der Waals surface area (Å²) in [7, 11) is 1.86. The Balaban J connectivity index is 1.43. The fraction of sp³-hybridized carbons (Fsp3) is 0.250. The molecule has 0 saturated carbocycles. The summed E-state index contributed by atoms with van der Waals surface area (Å²) in [4.78, 5) is 23.6. The van der Waals surface area contributed by atoms with Crippen LogP contribution in [0.2, 0.25) is 5.02 Å². The number of nitrogens with zero attached hydrogens (tertiary/aromatic N) is 7. The van der Waals surface area contributed by atoms with E-state index in [1.165, 1.54) is 0 Å². The highest BCUT2D eigenvalue weighted by Gasteiger charge is 2.32. The minimum atomic E-state index is -0.113. The molecule has 0 N–H and O–H groups in total. The summed E-state index contributed by atoms with van der Waals surface area (Å²) in [6, 6.07) is 10.7. The van der Waals surface area contributed by atoms with Gasteiger partial charge < -0.3 is 4.90 Å². The Morgan fingerprint density at radius 3 is 2.59 bits per heavy atom. The topological polar surface area (TPSA) is 81.7 Å². The van der Waals surface area contributed by atoms with Crippen molar-refractivity contribution in [3.8, 4) is 11.3 Å². The SMILES string of the molecule is Cc1nc(N2CC(n3nc(-c4ccc(Cl)cc4)ccc3=O)C2)c2cnn(C)c2n1. The lowest BCUT2D eigenvalue weighted by Gasteiger charge is -2.40. The molecule has 146 valence electrons. The summed E-state index contributed by atoms with van der Waals surface area (Å²) in [6.45, 7) is 3.17. The molecule has 5 rings (SSSR count). The van der Waals surface area contributed by atoms with Crippen LogP contribution in [0.15, 0.2) is 47.4 Å². The lowest BCUT2D eigenvalue weighted by Crippen LogP contribution is -2.51. The molecule has 4 heterocycles. The molecule has 1 aliphatic heterocycles. The largest absolute Gasteiger partial charge is 0.351 e. The van der Waals surface area contributed by atoms with Gasteiger partial charge in [-0.15, -0.1) is 0 Å². The molecule has 9 heteroatoms. The summed E-state index contributed by atoms with van der Waals surface area (Å²) in [5.41, 5.74) is 2.35. The number of halogens is 1. The Labute approximate surface area is 171 Å². The summed E-state index contributed by atoms with van der Waals surface area (Å²) in [5, 5.41) is 10.5. The van der Waals surface area contributed by atoms with Gasteiger partial charge in [0, 0.05) is 36.8 Å². The average Bonchev–Trinajstić information content (AvgIpc) is 3.03. The second kappa shape index (κ2) is 6.66. The maximum absolute atomic E-state index is 12.4. The van der Waals surface area contributed by atoms with E-state index in [4.69, 9.17) is 11.6 Å². The normalized spacial score (nSPS) is 14.4. The van der Waals surface area contributed by atoms with E-state index in [9.17, 15) is 4.79 Å². The van der Waals surface area contributed by atoms with E-state index in [1.54, 1.807) is 27.7 Å². The molecule has 0 radical (unpaired) electrons. The molecular weight excluding hydrogens is 390 g/mol. The number of rotatable bonds is 3. The van der Waals surface area contributed by atoms with E-state index >= 15 is 0 Å². The van der Waals surface area contributed by atoms with Crippen LogP contribution in [0, 0.1) is 6.92 Å². The van der Waals surface area contributed by atoms with Crippen LogP contribution in [-0.4, -0.2) is 42.6 Å². The highest BCUT2D eigenvalue weighted by molar-refractivity contribution is 6.30. The Bertz CT molecular complexity index is 1270.